The predicted octanol–water partition coefficient (Wildman–Crippen LogP) is 3.20. The molecule has 1 amide bonds. The minimum Gasteiger partial charge on any atom is -0.373 e. The van der Waals surface area contributed by atoms with E-state index in [0.29, 0.717) is 18.4 Å². The molecule has 4 rings (SSSR count). The van der Waals surface area contributed by atoms with Gasteiger partial charge in [0.05, 0.1) is 12.2 Å². The van der Waals surface area contributed by atoms with Crippen LogP contribution in [0.5, 0.6) is 0 Å². The second-order valence-corrected chi connectivity index (χ2v) is 8.22. The number of aromatic nitrogens is 1. The number of para-hydroxylation sites is 1. The number of morpholine rings is 1. The normalized spacial score (nSPS) is 26.7. The average Bonchev–Trinajstić information content (AvgIpc) is 3.26. The van der Waals surface area contributed by atoms with Crippen LogP contribution in [0.1, 0.15) is 38.7 Å². The fourth-order valence-electron chi connectivity index (χ4n) is 4.81. The Morgan fingerprint density at radius 2 is 2.00 bits per heavy atom. The minimum absolute atomic E-state index is 0.279. The molecule has 2 aliphatic heterocycles. The van der Waals surface area contributed by atoms with Crippen molar-refractivity contribution in [2.75, 3.05) is 26.2 Å². The number of fused-ring (bicyclic) bond motifs is 1. The number of carbonyl (C=O) groups is 1. The highest BCUT2D eigenvalue weighted by Crippen LogP contribution is 2.23. The Morgan fingerprint density at radius 3 is 2.81 bits per heavy atom. The van der Waals surface area contributed by atoms with Gasteiger partial charge in [-0.2, -0.15) is 0 Å². The summed E-state index contributed by atoms with van der Waals surface area (Å²) in [6.07, 6.45) is 6.25. The number of hydrogen-bond acceptors (Lipinski definition) is 3. The lowest BCUT2D eigenvalue weighted by Crippen LogP contribution is -2.50. The highest BCUT2D eigenvalue weighted by molar-refractivity contribution is 5.84. The lowest BCUT2D eigenvalue weighted by atomic mass is 10.1. The molecular formula is C22H31N3O2. The summed E-state index contributed by atoms with van der Waals surface area (Å²) in [5.41, 5.74) is 2.39. The summed E-state index contributed by atoms with van der Waals surface area (Å²) in [4.78, 5) is 20.9. The van der Waals surface area contributed by atoms with Crippen molar-refractivity contribution < 1.29 is 9.53 Å². The van der Waals surface area contributed by atoms with Crippen LogP contribution in [0.25, 0.3) is 10.9 Å². The molecule has 27 heavy (non-hydrogen) atoms. The van der Waals surface area contributed by atoms with Gasteiger partial charge < -0.3 is 14.6 Å². The Kier molecular flexibility index (Phi) is 5.50. The molecule has 1 aromatic carbocycles. The number of H-pyrrole nitrogens is 1. The van der Waals surface area contributed by atoms with Crippen molar-refractivity contribution in [1.82, 2.24) is 14.8 Å². The van der Waals surface area contributed by atoms with Crippen molar-refractivity contribution in [2.24, 2.45) is 0 Å². The summed E-state index contributed by atoms with van der Waals surface area (Å²) in [5.74, 6) is 0.303. The molecule has 5 nitrogen and oxygen atoms in total. The van der Waals surface area contributed by atoms with E-state index >= 15 is 0 Å². The summed E-state index contributed by atoms with van der Waals surface area (Å²) in [5, 5.41) is 1.24. The highest BCUT2D eigenvalue weighted by Gasteiger charge is 2.32. The van der Waals surface area contributed by atoms with Gasteiger partial charge in [0.15, 0.2) is 0 Å². The molecule has 1 N–H and O–H groups in total. The van der Waals surface area contributed by atoms with Crippen LogP contribution in [-0.2, 0) is 16.0 Å². The highest BCUT2D eigenvalue weighted by atomic mass is 16.5. The third-order valence-corrected chi connectivity index (χ3v) is 5.94. The van der Waals surface area contributed by atoms with Gasteiger partial charge in [-0.15, -0.1) is 0 Å². The number of hydrogen-bond donors (Lipinski definition) is 1. The number of benzene rings is 1. The van der Waals surface area contributed by atoms with Crippen LogP contribution in [-0.4, -0.2) is 65.1 Å². The summed E-state index contributed by atoms with van der Waals surface area (Å²) in [7, 11) is 0. The monoisotopic (exact) mass is 369 g/mol. The second-order valence-electron chi connectivity index (χ2n) is 8.22. The molecule has 0 aliphatic carbocycles. The molecule has 2 aromatic rings. The van der Waals surface area contributed by atoms with Gasteiger partial charge in [0.2, 0.25) is 5.91 Å². The maximum absolute atomic E-state index is 12.9. The number of carbonyl (C=O) groups excluding carboxylic acids is 1. The summed E-state index contributed by atoms with van der Waals surface area (Å²) >= 11 is 0. The van der Waals surface area contributed by atoms with Crippen LogP contribution in [0.15, 0.2) is 30.5 Å². The van der Waals surface area contributed by atoms with Crippen LogP contribution in [0, 0.1) is 0 Å². The second kappa shape index (κ2) is 8.03. The molecule has 0 saturated carbocycles. The molecule has 0 bridgehead atoms. The van der Waals surface area contributed by atoms with E-state index < -0.39 is 0 Å². The first-order valence-corrected chi connectivity index (χ1v) is 10.3. The van der Waals surface area contributed by atoms with Gasteiger partial charge in [-0.25, -0.2) is 0 Å². The molecule has 1 aromatic heterocycles. The van der Waals surface area contributed by atoms with Gasteiger partial charge >= 0.3 is 0 Å². The van der Waals surface area contributed by atoms with E-state index in [0.717, 1.165) is 51.0 Å². The molecule has 3 heterocycles. The summed E-state index contributed by atoms with van der Waals surface area (Å²) < 4.78 is 5.85. The van der Waals surface area contributed by atoms with Crippen LogP contribution in [0.4, 0.5) is 0 Å². The molecular weight excluding hydrogens is 338 g/mol. The number of ether oxygens (including phenoxy) is 1. The van der Waals surface area contributed by atoms with Crippen molar-refractivity contribution >= 4 is 16.8 Å². The third kappa shape index (κ3) is 4.19. The quantitative estimate of drug-likeness (QED) is 0.880. The maximum Gasteiger partial charge on any atom is 0.223 e. The third-order valence-electron chi connectivity index (χ3n) is 5.94. The standard InChI is InChI=1S/C22H31N3O2/c1-16-13-24(14-17(2)27-16)15-19-6-5-11-25(19)22(26)10-9-18-12-23-21-8-4-3-7-20(18)21/h3-4,7-8,12,16-17,19,23H,5-6,9-11,13-15H2,1-2H3/t16-,17-,19+/m1/s1. The van der Waals surface area contributed by atoms with E-state index in [2.05, 4.69) is 53.0 Å². The first kappa shape index (κ1) is 18.5. The van der Waals surface area contributed by atoms with E-state index in [9.17, 15) is 4.79 Å². The number of nitrogens with zero attached hydrogens (tertiary/aromatic N) is 2. The van der Waals surface area contributed by atoms with Gasteiger partial charge in [0.25, 0.3) is 0 Å². The van der Waals surface area contributed by atoms with Gasteiger partial charge in [0.1, 0.15) is 0 Å². The predicted molar refractivity (Wildman–Crippen MR) is 108 cm³/mol. The Morgan fingerprint density at radius 1 is 1.22 bits per heavy atom. The molecule has 0 radical (unpaired) electrons. The number of likely N-dealkylation sites (tertiary alicyclic amines) is 1. The van der Waals surface area contributed by atoms with Crippen LogP contribution in [0.3, 0.4) is 0 Å². The van der Waals surface area contributed by atoms with Crippen LogP contribution >= 0.6 is 0 Å². The van der Waals surface area contributed by atoms with E-state index in [-0.39, 0.29) is 12.2 Å². The maximum atomic E-state index is 12.9. The van der Waals surface area contributed by atoms with Crippen LogP contribution in [0.2, 0.25) is 0 Å². The molecule has 5 heteroatoms. The Hall–Kier alpha value is -1.85. The van der Waals surface area contributed by atoms with E-state index in [1.807, 2.05) is 6.07 Å². The van der Waals surface area contributed by atoms with Crippen LogP contribution < -0.4 is 0 Å². The van der Waals surface area contributed by atoms with E-state index in [1.54, 1.807) is 0 Å². The Balaban J connectivity index is 1.35. The molecule has 0 spiro atoms. The van der Waals surface area contributed by atoms with Crippen molar-refractivity contribution in [3.8, 4) is 0 Å². The van der Waals surface area contributed by atoms with Gasteiger partial charge in [0, 0.05) is 55.7 Å². The fraction of sp³-hybridized carbons (Fsp3) is 0.591. The number of aromatic amines is 1. The molecule has 2 fully saturated rings. The number of rotatable bonds is 5. The van der Waals surface area contributed by atoms with Gasteiger partial charge in [-0.1, -0.05) is 18.2 Å². The first-order chi connectivity index (χ1) is 13.1. The van der Waals surface area contributed by atoms with E-state index in [1.165, 1.54) is 10.9 Å². The number of aryl methyl sites for hydroxylation is 1. The first-order valence-electron chi connectivity index (χ1n) is 10.3. The average molecular weight is 370 g/mol. The van der Waals surface area contributed by atoms with Crippen molar-refractivity contribution in [1.29, 1.82) is 0 Å². The number of amides is 1. The van der Waals surface area contributed by atoms with Gasteiger partial charge in [-0.3, -0.25) is 9.69 Å². The molecule has 2 aliphatic rings. The van der Waals surface area contributed by atoms with E-state index in [4.69, 9.17) is 4.74 Å². The lowest BCUT2D eigenvalue weighted by molar-refractivity contribution is -0.133. The Bertz CT molecular complexity index is 777. The SMILES string of the molecule is C[C@@H]1CN(C[C@@H]2CCCN2C(=O)CCc2c[nH]c3ccccc23)C[C@@H](C)O1. The molecule has 0 unspecified atom stereocenters. The molecule has 146 valence electrons. The summed E-state index contributed by atoms with van der Waals surface area (Å²) in [6, 6.07) is 8.67. The minimum atomic E-state index is 0.279. The number of nitrogens with one attached hydrogen (secondary N) is 1. The fourth-order valence-corrected chi connectivity index (χ4v) is 4.81. The van der Waals surface area contributed by atoms with Gasteiger partial charge in [-0.05, 0) is 44.7 Å². The van der Waals surface area contributed by atoms with Crippen molar-refractivity contribution in [3.05, 3.63) is 36.0 Å². The van der Waals surface area contributed by atoms with Crippen molar-refractivity contribution in [2.45, 2.75) is 57.8 Å². The topological polar surface area (TPSA) is 48.6 Å². The zero-order valence-corrected chi connectivity index (χ0v) is 16.5. The zero-order valence-electron chi connectivity index (χ0n) is 16.5. The molecule has 2 saturated heterocycles. The summed E-state index contributed by atoms with van der Waals surface area (Å²) in [6.45, 7) is 8.11. The zero-order chi connectivity index (χ0) is 18.8. The van der Waals surface area contributed by atoms with Crippen molar-refractivity contribution in [3.63, 3.8) is 0 Å². The smallest absolute Gasteiger partial charge is 0.223 e. The molecule has 3 atom stereocenters. The lowest BCUT2D eigenvalue weighted by Gasteiger charge is -2.38. The Labute approximate surface area is 161 Å². The largest absolute Gasteiger partial charge is 0.373 e.